The summed E-state index contributed by atoms with van der Waals surface area (Å²) in [5.74, 6) is -0.841. The summed E-state index contributed by atoms with van der Waals surface area (Å²) in [4.78, 5) is 17.6. The number of aryl methyl sites for hydroxylation is 2. The molecule has 0 aliphatic heterocycles. The number of carbonyl (C=O) groups is 1. The Morgan fingerprint density at radius 1 is 1.19 bits per heavy atom. The number of rotatable bonds is 5. The maximum absolute atomic E-state index is 14.4. The van der Waals surface area contributed by atoms with Gasteiger partial charge in [-0.2, -0.15) is 0 Å². The van der Waals surface area contributed by atoms with Gasteiger partial charge in [-0.3, -0.25) is 4.79 Å². The van der Waals surface area contributed by atoms with Crippen molar-refractivity contribution >= 4 is 27.7 Å². The predicted molar refractivity (Wildman–Crippen MR) is 101 cm³/mol. The topological polar surface area (TPSA) is 39.8 Å². The molecule has 138 valence electrons. The van der Waals surface area contributed by atoms with Crippen molar-refractivity contribution in [2.24, 2.45) is 7.05 Å². The molecule has 0 saturated heterocycles. The lowest BCUT2D eigenvalue weighted by Gasteiger charge is -2.04. The third kappa shape index (κ3) is 2.81. The van der Waals surface area contributed by atoms with E-state index in [1.807, 2.05) is 0 Å². The van der Waals surface area contributed by atoms with E-state index in [2.05, 4.69) is 11.9 Å². The van der Waals surface area contributed by atoms with Crippen LogP contribution in [0.1, 0.15) is 35.9 Å². The second-order valence-corrected chi connectivity index (χ2v) is 6.68. The number of para-hydroxylation sites is 1. The van der Waals surface area contributed by atoms with Crippen LogP contribution in [0.2, 0.25) is 0 Å². The Labute approximate surface area is 155 Å². The van der Waals surface area contributed by atoms with Crippen LogP contribution in [0.3, 0.4) is 0 Å². The number of hydrogen-bond acceptors (Lipinski definition) is 2. The zero-order valence-electron chi connectivity index (χ0n) is 15.2. The number of ketones is 1. The molecule has 4 nitrogen and oxygen atoms in total. The van der Waals surface area contributed by atoms with Crippen LogP contribution < -0.4 is 0 Å². The lowest BCUT2D eigenvalue weighted by molar-refractivity contribution is 0.102. The number of unbranched alkanes of at least 4 members (excludes halogenated alkanes) is 1. The highest BCUT2D eigenvalue weighted by Gasteiger charge is 2.23. The monoisotopic (exact) mass is 367 g/mol. The molecular formula is C21H19F2N3O. The first-order chi connectivity index (χ1) is 13.0. The van der Waals surface area contributed by atoms with E-state index in [1.165, 1.54) is 18.2 Å². The highest BCUT2D eigenvalue weighted by atomic mass is 19.1. The molecule has 0 amide bonds. The van der Waals surface area contributed by atoms with E-state index in [4.69, 9.17) is 0 Å². The first-order valence-corrected chi connectivity index (χ1v) is 8.95. The van der Waals surface area contributed by atoms with Crippen LogP contribution >= 0.6 is 0 Å². The standard InChI is InChI=1S/C21H19F2N3O/c1-3-4-10-26-12-15(14-6-5-7-16(23)19(14)26)20(27)21-24-17-9-8-13(22)11-18(17)25(21)2/h5-9,11-12H,3-4,10H2,1-2H3. The number of fused-ring (bicyclic) bond motifs is 2. The van der Waals surface area contributed by atoms with Crippen molar-refractivity contribution in [2.45, 2.75) is 26.3 Å². The highest BCUT2D eigenvalue weighted by molar-refractivity contribution is 6.15. The zero-order valence-corrected chi connectivity index (χ0v) is 15.2. The molecule has 0 saturated carbocycles. The van der Waals surface area contributed by atoms with Crippen molar-refractivity contribution in [1.29, 1.82) is 0 Å². The SMILES string of the molecule is CCCCn1cc(C(=O)c2nc3ccc(F)cc3n2C)c2cccc(F)c21. The molecule has 0 unspecified atom stereocenters. The molecule has 6 heteroatoms. The van der Waals surface area contributed by atoms with E-state index in [9.17, 15) is 13.6 Å². The normalized spacial score (nSPS) is 11.6. The van der Waals surface area contributed by atoms with Gasteiger partial charge in [0.15, 0.2) is 5.82 Å². The van der Waals surface area contributed by atoms with E-state index < -0.39 is 0 Å². The average Bonchev–Trinajstić information content (AvgIpc) is 3.19. The van der Waals surface area contributed by atoms with Gasteiger partial charge in [-0.05, 0) is 30.7 Å². The van der Waals surface area contributed by atoms with Crippen molar-refractivity contribution in [3.8, 4) is 0 Å². The second-order valence-electron chi connectivity index (χ2n) is 6.68. The van der Waals surface area contributed by atoms with Crippen LogP contribution in [0.5, 0.6) is 0 Å². The highest BCUT2D eigenvalue weighted by Crippen LogP contribution is 2.27. The molecule has 0 aliphatic carbocycles. The van der Waals surface area contributed by atoms with Gasteiger partial charge in [-0.15, -0.1) is 0 Å². The Kier molecular flexibility index (Phi) is 4.26. The molecule has 2 aromatic heterocycles. The second kappa shape index (κ2) is 6.61. The number of halogens is 2. The molecule has 2 aromatic carbocycles. The Hall–Kier alpha value is -3.02. The minimum absolute atomic E-state index is 0.203. The quantitative estimate of drug-likeness (QED) is 0.474. The molecular weight excluding hydrogens is 348 g/mol. The van der Waals surface area contributed by atoms with Gasteiger partial charge in [0.05, 0.1) is 22.1 Å². The van der Waals surface area contributed by atoms with Crippen LogP contribution in [-0.4, -0.2) is 19.9 Å². The maximum Gasteiger partial charge on any atom is 0.230 e. The van der Waals surface area contributed by atoms with Crippen LogP contribution in [0.15, 0.2) is 42.6 Å². The van der Waals surface area contributed by atoms with Gasteiger partial charge in [0.25, 0.3) is 0 Å². The number of nitrogens with zero attached hydrogens (tertiary/aromatic N) is 3. The van der Waals surface area contributed by atoms with Crippen molar-refractivity contribution in [3.63, 3.8) is 0 Å². The van der Waals surface area contributed by atoms with Crippen LogP contribution in [-0.2, 0) is 13.6 Å². The Morgan fingerprint density at radius 3 is 2.78 bits per heavy atom. The summed E-state index contributed by atoms with van der Waals surface area (Å²) in [6.07, 6.45) is 3.55. The van der Waals surface area contributed by atoms with Crippen LogP contribution in [0.25, 0.3) is 21.9 Å². The fourth-order valence-corrected chi connectivity index (χ4v) is 3.49. The van der Waals surface area contributed by atoms with Crippen molar-refractivity contribution in [2.75, 3.05) is 0 Å². The van der Waals surface area contributed by atoms with Gasteiger partial charge < -0.3 is 9.13 Å². The molecule has 0 atom stereocenters. The molecule has 0 aliphatic rings. The van der Waals surface area contributed by atoms with Crippen LogP contribution in [0, 0.1) is 11.6 Å². The van der Waals surface area contributed by atoms with E-state index in [1.54, 1.807) is 40.6 Å². The third-order valence-corrected chi connectivity index (χ3v) is 4.89. The zero-order chi connectivity index (χ0) is 19.1. The Morgan fingerprint density at radius 2 is 2.00 bits per heavy atom. The third-order valence-electron chi connectivity index (χ3n) is 4.89. The summed E-state index contributed by atoms with van der Waals surface area (Å²) in [6.45, 7) is 2.70. The molecule has 4 rings (SSSR count). The van der Waals surface area contributed by atoms with Gasteiger partial charge in [0.2, 0.25) is 5.78 Å². The minimum Gasteiger partial charge on any atom is -0.344 e. The average molecular weight is 367 g/mol. The fraction of sp³-hybridized carbons (Fsp3) is 0.238. The first-order valence-electron chi connectivity index (χ1n) is 8.95. The lowest BCUT2D eigenvalue weighted by atomic mass is 10.1. The van der Waals surface area contributed by atoms with Crippen molar-refractivity contribution in [3.05, 3.63) is 65.6 Å². The van der Waals surface area contributed by atoms with Gasteiger partial charge >= 0.3 is 0 Å². The summed E-state index contributed by atoms with van der Waals surface area (Å²) in [5, 5.41) is 0.564. The van der Waals surface area contributed by atoms with E-state index >= 15 is 0 Å². The molecule has 0 fully saturated rings. The fourth-order valence-electron chi connectivity index (χ4n) is 3.49. The number of carbonyl (C=O) groups excluding carboxylic acids is 1. The molecule has 0 bridgehead atoms. The summed E-state index contributed by atoms with van der Waals surface area (Å²) in [6, 6.07) is 8.96. The Balaban J connectivity index is 1.88. The van der Waals surface area contributed by atoms with Crippen molar-refractivity contribution in [1.82, 2.24) is 14.1 Å². The number of hydrogen-bond donors (Lipinski definition) is 0. The molecule has 0 radical (unpaired) electrons. The molecule has 27 heavy (non-hydrogen) atoms. The lowest BCUT2D eigenvalue weighted by Crippen LogP contribution is -2.08. The van der Waals surface area contributed by atoms with Crippen LogP contribution in [0.4, 0.5) is 8.78 Å². The van der Waals surface area contributed by atoms with E-state index in [-0.39, 0.29) is 23.2 Å². The minimum atomic E-state index is -0.386. The summed E-state index contributed by atoms with van der Waals surface area (Å²) >= 11 is 0. The number of benzene rings is 2. The van der Waals surface area contributed by atoms with Gasteiger partial charge in [0, 0.05) is 25.2 Å². The largest absolute Gasteiger partial charge is 0.344 e. The maximum atomic E-state index is 14.4. The van der Waals surface area contributed by atoms with Gasteiger partial charge in [-0.1, -0.05) is 25.5 Å². The molecule has 2 heterocycles. The van der Waals surface area contributed by atoms with E-state index in [0.29, 0.717) is 34.0 Å². The summed E-state index contributed by atoms with van der Waals surface area (Å²) in [7, 11) is 1.68. The van der Waals surface area contributed by atoms with Gasteiger partial charge in [-0.25, -0.2) is 13.8 Å². The number of aromatic nitrogens is 3. The smallest absolute Gasteiger partial charge is 0.230 e. The van der Waals surface area contributed by atoms with Crippen molar-refractivity contribution < 1.29 is 13.6 Å². The van der Waals surface area contributed by atoms with E-state index in [0.717, 1.165) is 12.8 Å². The molecule has 0 N–H and O–H groups in total. The predicted octanol–water partition coefficient (Wildman–Crippen LogP) is 4.84. The summed E-state index contributed by atoms with van der Waals surface area (Å²) in [5.41, 5.74) is 1.92. The first kappa shape index (κ1) is 17.4. The molecule has 0 spiro atoms. The van der Waals surface area contributed by atoms with Gasteiger partial charge in [0.1, 0.15) is 11.6 Å². The molecule has 4 aromatic rings. The number of imidazole rings is 1. The Bertz CT molecular complexity index is 1170. The summed E-state index contributed by atoms with van der Waals surface area (Å²) < 4.78 is 31.4.